The van der Waals surface area contributed by atoms with Crippen LogP contribution in [0.15, 0.2) is 57.9 Å². The summed E-state index contributed by atoms with van der Waals surface area (Å²) in [5, 5.41) is 3.42. The quantitative estimate of drug-likeness (QED) is 0.619. The molecule has 3 aromatic rings. The number of nitrogens with one attached hydrogen (secondary N) is 1. The van der Waals surface area contributed by atoms with Crippen LogP contribution in [-0.2, 0) is 4.79 Å². The lowest BCUT2D eigenvalue weighted by Gasteiger charge is -2.18. The number of benzene rings is 2. The Morgan fingerprint density at radius 3 is 2.66 bits per heavy atom. The van der Waals surface area contributed by atoms with Crippen molar-refractivity contribution in [2.24, 2.45) is 0 Å². The van der Waals surface area contributed by atoms with E-state index in [-0.39, 0.29) is 17.4 Å². The fraction of sp³-hybridized carbons (Fsp3) is 0.250. The van der Waals surface area contributed by atoms with E-state index < -0.39 is 0 Å². The fourth-order valence-corrected chi connectivity index (χ4v) is 3.17. The van der Waals surface area contributed by atoms with E-state index in [2.05, 4.69) is 5.32 Å². The fourth-order valence-electron chi connectivity index (χ4n) is 3.17. The first-order chi connectivity index (χ1) is 13.9. The standard InChI is InChI=1S/C24H25NO4/c1-5-28-21-9-6-15(2)12-19(21)17(4)25-23(26)11-8-18-14-29-22-10-7-16(3)13-20(22)24(18)27/h6-14,17H,5H2,1-4H3,(H,25,26)/b11-8+. The van der Waals surface area contributed by atoms with E-state index in [0.29, 0.717) is 23.1 Å². The molecule has 3 rings (SSSR count). The molecule has 1 amide bonds. The molecule has 1 aromatic heterocycles. The summed E-state index contributed by atoms with van der Waals surface area (Å²) in [6.45, 7) is 8.28. The van der Waals surface area contributed by atoms with Gasteiger partial charge in [-0.3, -0.25) is 9.59 Å². The normalized spacial score (nSPS) is 12.3. The number of aryl methyl sites for hydroxylation is 2. The monoisotopic (exact) mass is 391 g/mol. The maximum atomic E-state index is 12.6. The number of ether oxygens (including phenoxy) is 1. The summed E-state index contributed by atoms with van der Waals surface area (Å²) in [4.78, 5) is 25.0. The van der Waals surface area contributed by atoms with Crippen LogP contribution >= 0.6 is 0 Å². The summed E-state index contributed by atoms with van der Waals surface area (Å²) >= 11 is 0. The topological polar surface area (TPSA) is 68.5 Å². The van der Waals surface area contributed by atoms with E-state index in [9.17, 15) is 9.59 Å². The molecule has 0 fully saturated rings. The van der Waals surface area contributed by atoms with E-state index in [0.717, 1.165) is 22.4 Å². The van der Waals surface area contributed by atoms with Crippen LogP contribution in [0.5, 0.6) is 5.75 Å². The molecular formula is C24H25NO4. The van der Waals surface area contributed by atoms with Gasteiger partial charge in [0.1, 0.15) is 17.6 Å². The molecule has 150 valence electrons. The molecule has 1 N–H and O–H groups in total. The van der Waals surface area contributed by atoms with Crippen LogP contribution in [0.3, 0.4) is 0 Å². The average Bonchev–Trinajstić information content (AvgIpc) is 2.69. The summed E-state index contributed by atoms with van der Waals surface area (Å²) in [7, 11) is 0. The maximum Gasteiger partial charge on any atom is 0.244 e. The molecule has 29 heavy (non-hydrogen) atoms. The number of fused-ring (bicyclic) bond motifs is 1. The van der Waals surface area contributed by atoms with Gasteiger partial charge < -0.3 is 14.5 Å². The first kappa shape index (κ1) is 20.4. The van der Waals surface area contributed by atoms with Gasteiger partial charge in [0.2, 0.25) is 5.91 Å². The van der Waals surface area contributed by atoms with Crippen LogP contribution in [0.4, 0.5) is 0 Å². The van der Waals surface area contributed by atoms with Gasteiger partial charge in [-0.1, -0.05) is 29.3 Å². The molecule has 0 saturated heterocycles. The minimum Gasteiger partial charge on any atom is -0.494 e. The van der Waals surface area contributed by atoms with Crippen LogP contribution in [0.25, 0.3) is 17.0 Å². The third-order valence-electron chi connectivity index (χ3n) is 4.66. The lowest BCUT2D eigenvalue weighted by atomic mass is 10.0. The summed E-state index contributed by atoms with van der Waals surface area (Å²) < 4.78 is 11.2. The highest BCUT2D eigenvalue weighted by atomic mass is 16.5. The van der Waals surface area contributed by atoms with Gasteiger partial charge in [-0.25, -0.2) is 0 Å². The van der Waals surface area contributed by atoms with Crippen LogP contribution in [0.1, 0.15) is 42.1 Å². The number of hydrogen-bond donors (Lipinski definition) is 1. The molecule has 5 heteroatoms. The van der Waals surface area contributed by atoms with Crippen molar-refractivity contribution in [1.29, 1.82) is 0 Å². The van der Waals surface area contributed by atoms with Crippen molar-refractivity contribution in [2.45, 2.75) is 33.7 Å². The smallest absolute Gasteiger partial charge is 0.244 e. The second-order valence-electron chi connectivity index (χ2n) is 7.06. The van der Waals surface area contributed by atoms with Crippen molar-refractivity contribution >= 4 is 23.0 Å². The summed E-state index contributed by atoms with van der Waals surface area (Å²) in [5.74, 6) is 0.450. The van der Waals surface area contributed by atoms with E-state index >= 15 is 0 Å². The van der Waals surface area contributed by atoms with Crippen molar-refractivity contribution in [3.05, 3.63) is 81.2 Å². The number of carbonyl (C=O) groups is 1. The molecule has 5 nitrogen and oxygen atoms in total. The summed E-state index contributed by atoms with van der Waals surface area (Å²) in [5.41, 5.74) is 3.67. The molecule has 1 atom stereocenters. The van der Waals surface area contributed by atoms with Crippen molar-refractivity contribution in [3.8, 4) is 5.75 Å². The average molecular weight is 391 g/mol. The number of amides is 1. The third kappa shape index (κ3) is 4.74. The Morgan fingerprint density at radius 1 is 1.17 bits per heavy atom. The third-order valence-corrected chi connectivity index (χ3v) is 4.66. The molecule has 0 spiro atoms. The molecule has 0 saturated carbocycles. The molecule has 0 radical (unpaired) electrons. The summed E-state index contributed by atoms with van der Waals surface area (Å²) in [6, 6.07) is 11.1. The molecule has 1 heterocycles. The predicted octanol–water partition coefficient (Wildman–Crippen LogP) is 4.70. The number of rotatable bonds is 6. The van der Waals surface area contributed by atoms with Gasteiger partial charge in [0, 0.05) is 11.6 Å². The van der Waals surface area contributed by atoms with Gasteiger partial charge in [-0.05, 0) is 52.0 Å². The number of carbonyl (C=O) groups excluding carboxylic acids is 1. The second-order valence-corrected chi connectivity index (χ2v) is 7.06. The molecular weight excluding hydrogens is 366 g/mol. The molecule has 2 aromatic carbocycles. The van der Waals surface area contributed by atoms with Crippen LogP contribution in [0, 0.1) is 13.8 Å². The molecule has 0 aliphatic heterocycles. The number of hydrogen-bond acceptors (Lipinski definition) is 4. The molecule has 0 aliphatic rings. The second kappa shape index (κ2) is 8.78. The van der Waals surface area contributed by atoms with Gasteiger partial charge >= 0.3 is 0 Å². The highest BCUT2D eigenvalue weighted by molar-refractivity contribution is 5.92. The van der Waals surface area contributed by atoms with Crippen molar-refractivity contribution < 1.29 is 13.9 Å². The van der Waals surface area contributed by atoms with Gasteiger partial charge in [-0.15, -0.1) is 0 Å². The van der Waals surface area contributed by atoms with Gasteiger partial charge in [0.05, 0.1) is 23.6 Å². The largest absolute Gasteiger partial charge is 0.494 e. The van der Waals surface area contributed by atoms with Crippen LogP contribution in [-0.4, -0.2) is 12.5 Å². The lowest BCUT2D eigenvalue weighted by Crippen LogP contribution is -2.25. The lowest BCUT2D eigenvalue weighted by molar-refractivity contribution is -0.117. The molecule has 0 aliphatic carbocycles. The predicted molar refractivity (Wildman–Crippen MR) is 115 cm³/mol. The Bertz CT molecular complexity index is 1130. The van der Waals surface area contributed by atoms with Gasteiger partial charge in [0.25, 0.3) is 0 Å². The van der Waals surface area contributed by atoms with Crippen molar-refractivity contribution in [2.75, 3.05) is 6.61 Å². The minimum atomic E-state index is -0.301. The Balaban J connectivity index is 1.78. The van der Waals surface area contributed by atoms with Crippen molar-refractivity contribution in [1.82, 2.24) is 5.32 Å². The van der Waals surface area contributed by atoms with E-state index in [1.54, 1.807) is 12.1 Å². The minimum absolute atomic E-state index is 0.163. The first-order valence-electron chi connectivity index (χ1n) is 9.63. The van der Waals surface area contributed by atoms with Crippen LogP contribution in [0.2, 0.25) is 0 Å². The van der Waals surface area contributed by atoms with Crippen molar-refractivity contribution in [3.63, 3.8) is 0 Å². The maximum absolute atomic E-state index is 12.6. The first-order valence-corrected chi connectivity index (χ1v) is 9.63. The van der Waals surface area contributed by atoms with Gasteiger partial charge in [-0.2, -0.15) is 0 Å². The summed E-state index contributed by atoms with van der Waals surface area (Å²) in [6.07, 6.45) is 4.21. The van der Waals surface area contributed by atoms with Gasteiger partial charge in [0.15, 0.2) is 5.43 Å². The Hall–Kier alpha value is -3.34. The van der Waals surface area contributed by atoms with E-state index in [4.69, 9.17) is 9.15 Å². The zero-order valence-electron chi connectivity index (χ0n) is 17.1. The Labute approximate surface area is 170 Å². The highest BCUT2D eigenvalue weighted by Gasteiger charge is 2.14. The van der Waals surface area contributed by atoms with E-state index in [1.807, 2.05) is 52.0 Å². The Morgan fingerprint density at radius 2 is 1.90 bits per heavy atom. The van der Waals surface area contributed by atoms with E-state index in [1.165, 1.54) is 18.4 Å². The SMILES string of the molecule is CCOc1ccc(C)cc1C(C)NC(=O)/C=C/c1coc2ccc(C)cc2c1=O. The Kier molecular flexibility index (Phi) is 6.17. The van der Waals surface area contributed by atoms with Crippen LogP contribution < -0.4 is 15.5 Å². The molecule has 0 bridgehead atoms. The molecule has 1 unspecified atom stereocenters. The zero-order valence-corrected chi connectivity index (χ0v) is 17.1. The zero-order chi connectivity index (χ0) is 21.0. The highest BCUT2D eigenvalue weighted by Crippen LogP contribution is 2.26.